The van der Waals surface area contributed by atoms with E-state index in [4.69, 9.17) is 21.8 Å². The third-order valence-electron chi connectivity index (χ3n) is 2.84. The zero-order valence-corrected chi connectivity index (χ0v) is 10.5. The largest absolute Gasteiger partial charge is 0.436 e. The van der Waals surface area contributed by atoms with E-state index in [-0.39, 0.29) is 0 Å². The fourth-order valence-corrected chi connectivity index (χ4v) is 2.18. The van der Waals surface area contributed by atoms with E-state index in [1.165, 1.54) is 0 Å². The van der Waals surface area contributed by atoms with Crippen LogP contribution in [0.3, 0.4) is 0 Å². The van der Waals surface area contributed by atoms with E-state index in [0.29, 0.717) is 16.6 Å². The Labute approximate surface area is 109 Å². The van der Waals surface area contributed by atoms with Crippen molar-refractivity contribution in [1.29, 1.82) is 0 Å². The number of halogens is 1. The van der Waals surface area contributed by atoms with Gasteiger partial charge in [0.1, 0.15) is 5.52 Å². The van der Waals surface area contributed by atoms with Crippen LogP contribution in [0.2, 0.25) is 5.02 Å². The molecule has 0 aliphatic heterocycles. The molecular formula is C14H11ClN2O. The van der Waals surface area contributed by atoms with Gasteiger partial charge in [0.05, 0.1) is 10.6 Å². The molecule has 0 atom stereocenters. The van der Waals surface area contributed by atoms with Crippen LogP contribution in [0, 0.1) is 6.92 Å². The number of hydrogen-bond donors (Lipinski definition) is 1. The van der Waals surface area contributed by atoms with Gasteiger partial charge in [0.2, 0.25) is 5.89 Å². The number of rotatable bonds is 1. The maximum Gasteiger partial charge on any atom is 0.228 e. The fraction of sp³-hybridized carbons (Fsp3) is 0.0714. The second-order valence-corrected chi connectivity index (χ2v) is 4.59. The first-order valence-corrected chi connectivity index (χ1v) is 5.94. The monoisotopic (exact) mass is 258 g/mol. The van der Waals surface area contributed by atoms with Crippen LogP contribution in [0.5, 0.6) is 0 Å². The van der Waals surface area contributed by atoms with Gasteiger partial charge in [-0.2, -0.15) is 0 Å². The topological polar surface area (TPSA) is 52.0 Å². The highest BCUT2D eigenvalue weighted by Gasteiger charge is 2.12. The number of oxazole rings is 1. The summed E-state index contributed by atoms with van der Waals surface area (Å²) in [6.07, 6.45) is 0. The Kier molecular flexibility index (Phi) is 2.49. The van der Waals surface area contributed by atoms with Gasteiger partial charge in [0, 0.05) is 5.69 Å². The molecule has 2 N–H and O–H groups in total. The number of nitrogen functional groups attached to an aromatic ring is 1. The number of anilines is 1. The molecule has 90 valence electrons. The number of fused-ring (bicyclic) bond motifs is 1. The van der Waals surface area contributed by atoms with Gasteiger partial charge in [-0.1, -0.05) is 23.7 Å². The van der Waals surface area contributed by atoms with E-state index in [1.807, 2.05) is 31.2 Å². The quantitative estimate of drug-likeness (QED) is 0.670. The number of nitrogens with zero attached hydrogens (tertiary/aromatic N) is 1. The molecule has 0 aliphatic carbocycles. The molecule has 4 heteroatoms. The van der Waals surface area contributed by atoms with Crippen LogP contribution in [-0.4, -0.2) is 4.98 Å². The molecule has 0 aliphatic rings. The van der Waals surface area contributed by atoms with Crippen LogP contribution >= 0.6 is 11.6 Å². The van der Waals surface area contributed by atoms with Crippen LogP contribution < -0.4 is 5.73 Å². The van der Waals surface area contributed by atoms with Crippen molar-refractivity contribution in [3.63, 3.8) is 0 Å². The summed E-state index contributed by atoms with van der Waals surface area (Å²) < 4.78 is 5.72. The number of benzene rings is 2. The molecule has 0 saturated heterocycles. The summed E-state index contributed by atoms with van der Waals surface area (Å²) in [5.74, 6) is 0.518. The Morgan fingerprint density at radius 1 is 1.22 bits per heavy atom. The number of hydrogen-bond acceptors (Lipinski definition) is 3. The van der Waals surface area contributed by atoms with Crippen molar-refractivity contribution in [1.82, 2.24) is 4.98 Å². The van der Waals surface area contributed by atoms with Crippen molar-refractivity contribution in [3.05, 3.63) is 47.0 Å². The minimum absolute atomic E-state index is 0.518. The normalized spacial score (nSPS) is 11.0. The molecule has 3 rings (SSSR count). The highest BCUT2D eigenvalue weighted by Crippen LogP contribution is 2.31. The first-order valence-electron chi connectivity index (χ1n) is 5.57. The van der Waals surface area contributed by atoms with E-state index in [2.05, 4.69) is 4.98 Å². The second kappa shape index (κ2) is 4.03. The zero-order valence-electron chi connectivity index (χ0n) is 9.77. The van der Waals surface area contributed by atoms with Gasteiger partial charge < -0.3 is 10.2 Å². The first kappa shape index (κ1) is 11.1. The molecule has 1 aromatic heterocycles. The Bertz CT molecular complexity index is 734. The van der Waals surface area contributed by atoms with E-state index in [0.717, 1.165) is 22.2 Å². The number of aryl methyl sites for hydroxylation is 1. The van der Waals surface area contributed by atoms with Crippen molar-refractivity contribution in [2.75, 3.05) is 5.73 Å². The first-order chi connectivity index (χ1) is 8.65. The van der Waals surface area contributed by atoms with Gasteiger partial charge in [0.15, 0.2) is 5.58 Å². The third kappa shape index (κ3) is 1.73. The predicted molar refractivity (Wildman–Crippen MR) is 73.6 cm³/mol. The molecule has 0 saturated carbocycles. The maximum atomic E-state index is 6.15. The Balaban J connectivity index is 2.23. The number of para-hydroxylation sites is 1. The molecular weight excluding hydrogens is 248 g/mol. The molecule has 2 aromatic carbocycles. The molecule has 0 unspecified atom stereocenters. The van der Waals surface area contributed by atoms with E-state index < -0.39 is 0 Å². The average Bonchev–Trinajstić information content (AvgIpc) is 2.74. The Hall–Kier alpha value is -2.00. The molecule has 0 amide bonds. The molecule has 1 heterocycles. The Morgan fingerprint density at radius 3 is 2.78 bits per heavy atom. The minimum Gasteiger partial charge on any atom is -0.436 e. The lowest BCUT2D eigenvalue weighted by molar-refractivity contribution is 0.620. The summed E-state index contributed by atoms with van der Waals surface area (Å²) in [6, 6.07) is 11.1. The Morgan fingerprint density at radius 2 is 2.06 bits per heavy atom. The molecule has 18 heavy (non-hydrogen) atoms. The molecule has 0 spiro atoms. The summed E-state index contributed by atoms with van der Waals surface area (Å²) in [5, 5.41) is 0.541. The van der Waals surface area contributed by atoms with E-state index >= 15 is 0 Å². The summed E-state index contributed by atoms with van der Waals surface area (Å²) in [7, 11) is 0. The van der Waals surface area contributed by atoms with Crippen molar-refractivity contribution >= 4 is 28.4 Å². The molecule has 0 radical (unpaired) electrons. The minimum atomic E-state index is 0.518. The van der Waals surface area contributed by atoms with E-state index in [9.17, 15) is 0 Å². The second-order valence-electron chi connectivity index (χ2n) is 4.18. The van der Waals surface area contributed by atoms with Crippen molar-refractivity contribution in [2.45, 2.75) is 6.92 Å². The van der Waals surface area contributed by atoms with Crippen molar-refractivity contribution in [3.8, 4) is 11.5 Å². The lowest BCUT2D eigenvalue weighted by Gasteiger charge is -2.00. The van der Waals surface area contributed by atoms with Gasteiger partial charge in [-0.05, 0) is 36.8 Å². The maximum absolute atomic E-state index is 6.15. The zero-order chi connectivity index (χ0) is 12.7. The number of nitrogens with two attached hydrogens (primary N) is 1. The summed E-state index contributed by atoms with van der Waals surface area (Å²) in [4.78, 5) is 4.48. The van der Waals surface area contributed by atoms with E-state index in [1.54, 1.807) is 12.1 Å². The van der Waals surface area contributed by atoms with Gasteiger partial charge in [-0.3, -0.25) is 0 Å². The third-order valence-corrected chi connectivity index (χ3v) is 3.16. The standard InChI is InChI=1S/C14H11ClN2O/c1-8-3-2-4-12-13(8)17-14(18-12)10-6-5-9(16)7-11(10)15/h2-7H,16H2,1H3. The van der Waals surface area contributed by atoms with Gasteiger partial charge >= 0.3 is 0 Å². The van der Waals surface area contributed by atoms with Crippen LogP contribution in [-0.2, 0) is 0 Å². The SMILES string of the molecule is Cc1cccc2oc(-c3ccc(N)cc3Cl)nc12. The van der Waals surface area contributed by atoms with Gasteiger partial charge in [-0.15, -0.1) is 0 Å². The highest BCUT2D eigenvalue weighted by atomic mass is 35.5. The highest BCUT2D eigenvalue weighted by molar-refractivity contribution is 6.33. The molecule has 3 aromatic rings. The lowest BCUT2D eigenvalue weighted by Crippen LogP contribution is -1.86. The summed E-state index contributed by atoms with van der Waals surface area (Å²) in [5.41, 5.74) is 9.74. The van der Waals surface area contributed by atoms with Crippen LogP contribution in [0.4, 0.5) is 5.69 Å². The number of aromatic nitrogens is 1. The lowest BCUT2D eigenvalue weighted by atomic mass is 10.2. The smallest absolute Gasteiger partial charge is 0.228 e. The molecule has 3 nitrogen and oxygen atoms in total. The van der Waals surface area contributed by atoms with Crippen molar-refractivity contribution in [2.24, 2.45) is 0 Å². The predicted octanol–water partition coefficient (Wildman–Crippen LogP) is 4.04. The van der Waals surface area contributed by atoms with Crippen LogP contribution in [0.15, 0.2) is 40.8 Å². The molecule has 0 fully saturated rings. The van der Waals surface area contributed by atoms with Gasteiger partial charge in [-0.25, -0.2) is 4.98 Å². The molecule has 0 bridgehead atoms. The van der Waals surface area contributed by atoms with Crippen LogP contribution in [0.25, 0.3) is 22.6 Å². The van der Waals surface area contributed by atoms with Crippen molar-refractivity contribution < 1.29 is 4.42 Å². The summed E-state index contributed by atoms with van der Waals surface area (Å²) >= 11 is 6.15. The average molecular weight is 259 g/mol. The fourth-order valence-electron chi connectivity index (χ4n) is 1.91. The summed E-state index contributed by atoms with van der Waals surface area (Å²) in [6.45, 7) is 2.00. The van der Waals surface area contributed by atoms with Crippen LogP contribution in [0.1, 0.15) is 5.56 Å². The van der Waals surface area contributed by atoms with Gasteiger partial charge in [0.25, 0.3) is 0 Å².